The summed E-state index contributed by atoms with van der Waals surface area (Å²) in [6.07, 6.45) is 12.5. The summed E-state index contributed by atoms with van der Waals surface area (Å²) in [5.41, 5.74) is 5.59. The zero-order valence-electron chi connectivity index (χ0n) is 17.0. The first kappa shape index (κ1) is 21.0. The van der Waals surface area contributed by atoms with Crippen LogP contribution in [0.15, 0.2) is 24.8 Å². The Morgan fingerprint density at radius 2 is 1.71 bits per heavy atom. The van der Waals surface area contributed by atoms with Crippen molar-refractivity contribution in [3.05, 3.63) is 41.5 Å². The minimum Gasteiger partial charge on any atom is -0.0950 e. The molecule has 1 aliphatic carbocycles. The second-order valence-corrected chi connectivity index (χ2v) is 7.86. The van der Waals surface area contributed by atoms with Crippen LogP contribution in [0.2, 0.25) is 0 Å². The Balaban J connectivity index is 0.000000648. The molecule has 0 aliphatic heterocycles. The normalized spacial score (nSPS) is 15.1. The van der Waals surface area contributed by atoms with Crippen LogP contribution in [0.3, 0.4) is 0 Å². The number of unbranched alkanes of at least 4 members (excludes halogenated alkanes) is 1. The van der Waals surface area contributed by atoms with Crippen LogP contribution in [-0.4, -0.2) is 0 Å². The fourth-order valence-electron chi connectivity index (χ4n) is 3.31. The molecule has 0 aromatic heterocycles. The van der Waals surface area contributed by atoms with Gasteiger partial charge in [-0.2, -0.15) is 0 Å². The molecule has 0 heterocycles. The largest absolute Gasteiger partial charge is 0.0950 e. The monoisotopic (exact) mass is 328 g/mol. The predicted molar refractivity (Wildman–Crippen MR) is 111 cm³/mol. The van der Waals surface area contributed by atoms with Crippen LogP contribution in [-0.2, 0) is 6.42 Å². The van der Waals surface area contributed by atoms with Crippen LogP contribution in [0.5, 0.6) is 0 Å². The summed E-state index contributed by atoms with van der Waals surface area (Å²) in [6.45, 7) is 15.3. The van der Waals surface area contributed by atoms with Crippen molar-refractivity contribution >= 4 is 5.57 Å². The zero-order valence-corrected chi connectivity index (χ0v) is 17.0. The lowest BCUT2D eigenvalue weighted by molar-refractivity contribution is 0.339. The highest BCUT2D eigenvalue weighted by Crippen LogP contribution is 2.29. The van der Waals surface area contributed by atoms with Crippen LogP contribution in [0.4, 0.5) is 0 Å². The fraction of sp³-hybridized carbons (Fsp3) is 0.667. The van der Waals surface area contributed by atoms with E-state index in [1.54, 1.807) is 0 Å². The maximum Gasteiger partial charge on any atom is -0.0219 e. The van der Waals surface area contributed by atoms with Gasteiger partial charge in [0.2, 0.25) is 0 Å². The van der Waals surface area contributed by atoms with E-state index in [0.717, 1.165) is 5.92 Å². The molecule has 0 saturated heterocycles. The molecule has 1 aromatic carbocycles. The number of hydrogen-bond donors (Lipinski definition) is 0. The van der Waals surface area contributed by atoms with E-state index < -0.39 is 0 Å². The summed E-state index contributed by atoms with van der Waals surface area (Å²) in [7, 11) is 0. The van der Waals surface area contributed by atoms with E-state index >= 15 is 0 Å². The lowest BCUT2D eigenvalue weighted by Gasteiger charge is -2.22. The smallest absolute Gasteiger partial charge is 0.0219 e. The average molecular weight is 329 g/mol. The van der Waals surface area contributed by atoms with Gasteiger partial charge in [0.1, 0.15) is 0 Å². The first-order valence-corrected chi connectivity index (χ1v) is 10.3. The third-order valence-corrected chi connectivity index (χ3v) is 5.46. The molecule has 1 fully saturated rings. The molecular weight excluding hydrogens is 288 g/mol. The van der Waals surface area contributed by atoms with E-state index in [0.29, 0.717) is 5.92 Å². The maximum absolute atomic E-state index is 4.25. The Kier molecular flexibility index (Phi) is 10.1. The number of hydrogen-bond acceptors (Lipinski definition) is 0. The van der Waals surface area contributed by atoms with Crippen molar-refractivity contribution in [2.24, 2.45) is 11.8 Å². The van der Waals surface area contributed by atoms with Crippen LogP contribution in [0.1, 0.15) is 95.8 Å². The molecule has 0 unspecified atom stereocenters. The van der Waals surface area contributed by atoms with Crippen molar-refractivity contribution in [3.63, 3.8) is 0 Å². The Bertz CT molecular complexity index is 473. The Hall–Kier alpha value is -1.04. The molecule has 0 spiro atoms. The summed E-state index contributed by atoms with van der Waals surface area (Å²) in [4.78, 5) is 0. The van der Waals surface area contributed by atoms with Gasteiger partial charge in [0.05, 0.1) is 0 Å². The van der Waals surface area contributed by atoms with Gasteiger partial charge in [0, 0.05) is 0 Å². The van der Waals surface area contributed by atoms with Gasteiger partial charge in [-0.25, -0.2) is 0 Å². The summed E-state index contributed by atoms with van der Waals surface area (Å²) < 4.78 is 0. The highest BCUT2D eigenvalue weighted by Gasteiger charge is 2.14. The molecule has 0 N–H and O–H groups in total. The molecule has 0 nitrogen and oxygen atoms in total. The number of rotatable bonds is 6. The highest BCUT2D eigenvalue weighted by atomic mass is 14.2. The van der Waals surface area contributed by atoms with E-state index in [1.165, 1.54) is 80.1 Å². The first-order valence-electron chi connectivity index (χ1n) is 10.3. The average Bonchev–Trinajstić information content (AvgIpc) is 2.61. The first-order chi connectivity index (χ1) is 11.5. The van der Waals surface area contributed by atoms with Gasteiger partial charge in [-0.3, -0.25) is 0 Å². The molecule has 1 aliphatic rings. The predicted octanol–water partition coefficient (Wildman–Crippen LogP) is 7.98. The Morgan fingerprint density at radius 1 is 1.08 bits per heavy atom. The minimum atomic E-state index is 0.531. The molecule has 0 radical (unpaired) electrons. The van der Waals surface area contributed by atoms with E-state index in [-0.39, 0.29) is 0 Å². The molecule has 0 bridgehead atoms. The van der Waals surface area contributed by atoms with Gasteiger partial charge in [0.25, 0.3) is 0 Å². The maximum atomic E-state index is 4.25. The standard InChI is InChI=1S/C20H30.C4H10/c1-15(2)17(4)20-12-10-16(3)19(14-20)13-11-18-8-6-5-7-9-18;1-3-4-2/h10,12,14-15,18H,4-9,11,13H2,1-3H3;3-4H2,1-2H3. The van der Waals surface area contributed by atoms with Gasteiger partial charge < -0.3 is 0 Å². The molecule has 0 amide bonds. The van der Waals surface area contributed by atoms with Crippen molar-refractivity contribution < 1.29 is 0 Å². The molecule has 1 aromatic rings. The van der Waals surface area contributed by atoms with Gasteiger partial charge in [-0.1, -0.05) is 97.4 Å². The van der Waals surface area contributed by atoms with Gasteiger partial charge >= 0.3 is 0 Å². The molecule has 0 atom stereocenters. The molecule has 24 heavy (non-hydrogen) atoms. The number of aryl methyl sites for hydroxylation is 2. The Labute approximate surface area is 151 Å². The minimum absolute atomic E-state index is 0.531. The second kappa shape index (κ2) is 11.5. The fourth-order valence-corrected chi connectivity index (χ4v) is 3.31. The summed E-state index contributed by atoms with van der Waals surface area (Å²) in [5.74, 6) is 1.50. The molecule has 1 saturated carbocycles. The van der Waals surface area contributed by atoms with Gasteiger partial charge in [-0.05, 0) is 53.9 Å². The number of benzene rings is 1. The van der Waals surface area contributed by atoms with E-state index in [9.17, 15) is 0 Å². The second-order valence-electron chi connectivity index (χ2n) is 7.86. The number of allylic oxidation sites excluding steroid dienone is 1. The Morgan fingerprint density at radius 3 is 2.25 bits per heavy atom. The van der Waals surface area contributed by atoms with Crippen molar-refractivity contribution in [2.45, 2.75) is 92.4 Å². The van der Waals surface area contributed by atoms with Gasteiger partial charge in [-0.15, -0.1) is 0 Å². The third kappa shape index (κ3) is 7.24. The quantitative estimate of drug-likeness (QED) is 0.496. The van der Waals surface area contributed by atoms with E-state index in [2.05, 4.69) is 59.4 Å². The van der Waals surface area contributed by atoms with Gasteiger partial charge in [0.15, 0.2) is 0 Å². The van der Waals surface area contributed by atoms with E-state index in [4.69, 9.17) is 0 Å². The zero-order chi connectivity index (χ0) is 17.9. The summed E-state index contributed by atoms with van der Waals surface area (Å²) in [6, 6.07) is 6.90. The van der Waals surface area contributed by atoms with Crippen molar-refractivity contribution in [1.82, 2.24) is 0 Å². The highest BCUT2D eigenvalue weighted by molar-refractivity contribution is 5.65. The lowest BCUT2D eigenvalue weighted by atomic mass is 9.84. The van der Waals surface area contributed by atoms with Crippen molar-refractivity contribution in [3.8, 4) is 0 Å². The molecule has 2 rings (SSSR count). The molecular formula is C24H40. The van der Waals surface area contributed by atoms with Crippen LogP contribution in [0, 0.1) is 18.8 Å². The SMILES string of the molecule is C=C(c1ccc(C)c(CCC2CCCCC2)c1)C(C)C.CCCC. The topological polar surface area (TPSA) is 0 Å². The van der Waals surface area contributed by atoms with Crippen LogP contribution >= 0.6 is 0 Å². The van der Waals surface area contributed by atoms with E-state index in [1.807, 2.05) is 0 Å². The lowest BCUT2D eigenvalue weighted by Crippen LogP contribution is -2.08. The van der Waals surface area contributed by atoms with Crippen molar-refractivity contribution in [2.75, 3.05) is 0 Å². The summed E-state index contributed by atoms with van der Waals surface area (Å²) >= 11 is 0. The molecule has 136 valence electrons. The summed E-state index contributed by atoms with van der Waals surface area (Å²) in [5, 5.41) is 0. The third-order valence-electron chi connectivity index (χ3n) is 5.46. The van der Waals surface area contributed by atoms with Crippen LogP contribution < -0.4 is 0 Å². The molecule has 0 heteroatoms. The van der Waals surface area contributed by atoms with Crippen molar-refractivity contribution in [1.29, 1.82) is 0 Å². The van der Waals surface area contributed by atoms with Crippen LogP contribution in [0.25, 0.3) is 5.57 Å².